The normalized spacial score (nSPS) is 11.4. The molecule has 0 aliphatic rings. The van der Waals surface area contributed by atoms with Crippen molar-refractivity contribution in [2.75, 3.05) is 5.75 Å². The molecule has 0 heterocycles. The fourth-order valence-electron chi connectivity index (χ4n) is 0.268. The molecule has 4 nitrogen and oxygen atoms in total. The first-order valence-corrected chi connectivity index (χ1v) is 3.65. The molecule has 1 unspecified atom stereocenters. The maximum absolute atomic E-state index is 10.1. The van der Waals surface area contributed by atoms with Gasteiger partial charge in [-0.25, -0.2) is 0 Å². The van der Waals surface area contributed by atoms with Crippen molar-refractivity contribution < 1.29 is 19.8 Å². The number of thioether (sulfide) groups is 1. The first-order valence-electron chi connectivity index (χ1n) is 2.60. The van der Waals surface area contributed by atoms with E-state index in [1.165, 1.54) is 6.92 Å². The average Bonchev–Trinajstić information content (AvgIpc) is 1.82. The summed E-state index contributed by atoms with van der Waals surface area (Å²) >= 11 is 0.894. The molecule has 0 aromatic carbocycles. The summed E-state index contributed by atoms with van der Waals surface area (Å²) < 4.78 is 0. The summed E-state index contributed by atoms with van der Waals surface area (Å²) in [5.74, 6) is -2.13. The molecule has 2 N–H and O–H groups in total. The van der Waals surface area contributed by atoms with Crippen LogP contribution in [-0.4, -0.2) is 50.2 Å². The van der Waals surface area contributed by atoms with Gasteiger partial charge >= 0.3 is 11.9 Å². The predicted octanol–water partition coefficient (Wildman–Crippen LogP) is -0.104. The van der Waals surface area contributed by atoms with Crippen molar-refractivity contribution in [1.29, 1.82) is 0 Å². The maximum Gasteiger partial charge on any atom is 0.316 e. The number of hydrogen-bond donors (Lipinski definition) is 2. The first kappa shape index (κ1) is 13.4. The molecule has 0 aromatic rings. The van der Waals surface area contributed by atoms with E-state index in [0.717, 1.165) is 11.8 Å². The van der Waals surface area contributed by atoms with Gasteiger partial charge in [-0.2, -0.15) is 0 Å². The van der Waals surface area contributed by atoms with Gasteiger partial charge < -0.3 is 10.2 Å². The second-order valence-corrected chi connectivity index (χ2v) is 3.01. The second-order valence-electron chi connectivity index (χ2n) is 1.69. The van der Waals surface area contributed by atoms with Crippen molar-refractivity contribution in [2.45, 2.75) is 12.2 Å². The summed E-state index contributed by atoms with van der Waals surface area (Å²) in [4.78, 5) is 20.0. The van der Waals surface area contributed by atoms with E-state index in [2.05, 4.69) is 0 Å². The summed E-state index contributed by atoms with van der Waals surface area (Å²) in [5.41, 5.74) is 0. The molecule has 64 valence electrons. The quantitative estimate of drug-likeness (QED) is 0.674. The van der Waals surface area contributed by atoms with Gasteiger partial charge in [-0.15, -0.1) is 11.8 Å². The van der Waals surface area contributed by atoms with E-state index < -0.39 is 17.2 Å². The Hall–Kier alpha value is -0.191. The number of rotatable bonds is 4. The SMILES string of the molecule is CC(SCC(=O)O)C(=O)O.[Se]. The van der Waals surface area contributed by atoms with E-state index in [9.17, 15) is 9.59 Å². The monoisotopic (exact) mass is 244 g/mol. The molecule has 0 bridgehead atoms. The van der Waals surface area contributed by atoms with Gasteiger partial charge in [0.2, 0.25) is 0 Å². The summed E-state index contributed by atoms with van der Waals surface area (Å²) in [5, 5.41) is 15.8. The smallest absolute Gasteiger partial charge is 0.316 e. The van der Waals surface area contributed by atoms with Gasteiger partial charge in [0.1, 0.15) is 0 Å². The van der Waals surface area contributed by atoms with Gasteiger partial charge in [0.25, 0.3) is 0 Å². The molecule has 0 aromatic heterocycles. The van der Waals surface area contributed by atoms with Gasteiger partial charge in [-0.1, -0.05) is 0 Å². The van der Waals surface area contributed by atoms with E-state index in [-0.39, 0.29) is 22.8 Å². The number of carboxylic acids is 2. The summed E-state index contributed by atoms with van der Waals surface area (Å²) in [6.45, 7) is 1.45. The molecule has 2 radical (unpaired) electrons. The number of hydrogen-bond acceptors (Lipinski definition) is 3. The molecule has 0 aliphatic carbocycles. The molecule has 1 atom stereocenters. The zero-order valence-electron chi connectivity index (χ0n) is 5.81. The average molecular weight is 243 g/mol. The zero-order chi connectivity index (χ0) is 8.15. The van der Waals surface area contributed by atoms with Crippen LogP contribution in [0.3, 0.4) is 0 Å². The van der Waals surface area contributed by atoms with Crippen LogP contribution in [-0.2, 0) is 9.59 Å². The van der Waals surface area contributed by atoms with Crippen LogP contribution < -0.4 is 0 Å². The Bertz CT molecular complexity index is 149. The molecule has 0 fully saturated rings. The van der Waals surface area contributed by atoms with Crippen LogP contribution in [0.4, 0.5) is 0 Å². The second kappa shape index (κ2) is 6.52. The Labute approximate surface area is 78.8 Å². The third-order valence-electron chi connectivity index (χ3n) is 0.805. The van der Waals surface area contributed by atoms with Crippen LogP contribution in [0.25, 0.3) is 0 Å². The number of carboxylic acid groups (broad SMARTS) is 2. The van der Waals surface area contributed by atoms with Crippen LogP contribution in [0.2, 0.25) is 0 Å². The van der Waals surface area contributed by atoms with Crippen molar-refractivity contribution in [3.63, 3.8) is 0 Å². The van der Waals surface area contributed by atoms with Crippen LogP contribution in [0.15, 0.2) is 0 Å². The molecule has 0 saturated carbocycles. The molecule has 6 heteroatoms. The van der Waals surface area contributed by atoms with E-state index in [1.807, 2.05) is 0 Å². The molecule has 0 aliphatic heterocycles. The van der Waals surface area contributed by atoms with Crippen LogP contribution in [0.1, 0.15) is 6.92 Å². The van der Waals surface area contributed by atoms with Crippen LogP contribution in [0, 0.1) is 0 Å². The molecular formula is C5H8O4SSe. The van der Waals surface area contributed by atoms with Gasteiger partial charge in [0.05, 0.1) is 11.0 Å². The Morgan fingerprint density at radius 3 is 2.18 bits per heavy atom. The summed E-state index contributed by atoms with van der Waals surface area (Å²) in [7, 11) is 0. The van der Waals surface area contributed by atoms with E-state index in [1.54, 1.807) is 0 Å². The van der Waals surface area contributed by atoms with Gasteiger partial charge in [0.15, 0.2) is 0 Å². The van der Waals surface area contributed by atoms with Crippen molar-refractivity contribution in [2.24, 2.45) is 0 Å². The molecule has 0 saturated heterocycles. The fraction of sp³-hybridized carbons (Fsp3) is 0.600. The van der Waals surface area contributed by atoms with Crippen molar-refractivity contribution in [3.8, 4) is 0 Å². The Morgan fingerprint density at radius 2 is 1.91 bits per heavy atom. The molecule has 11 heavy (non-hydrogen) atoms. The van der Waals surface area contributed by atoms with E-state index in [0.29, 0.717) is 0 Å². The largest absolute Gasteiger partial charge is 0.481 e. The van der Waals surface area contributed by atoms with Crippen LogP contribution >= 0.6 is 11.8 Å². The Balaban J connectivity index is 0. The van der Waals surface area contributed by atoms with Crippen LogP contribution in [0.5, 0.6) is 0 Å². The minimum atomic E-state index is -0.988. The number of carbonyl (C=O) groups is 2. The topological polar surface area (TPSA) is 74.6 Å². The molecule has 0 spiro atoms. The molecular weight excluding hydrogens is 235 g/mol. The van der Waals surface area contributed by atoms with Crippen molar-refractivity contribution >= 4 is 40.8 Å². The fourth-order valence-corrected chi connectivity index (χ4v) is 0.803. The predicted molar refractivity (Wildman–Crippen MR) is 42.9 cm³/mol. The first-order chi connectivity index (χ1) is 4.54. The minimum absolute atomic E-state index is 0. The molecule has 0 rings (SSSR count). The third kappa shape index (κ3) is 7.71. The van der Waals surface area contributed by atoms with Gasteiger partial charge in [-0.05, 0) is 6.92 Å². The summed E-state index contributed by atoms with van der Waals surface area (Å²) in [6, 6.07) is 0. The number of aliphatic carboxylic acids is 2. The minimum Gasteiger partial charge on any atom is -0.481 e. The van der Waals surface area contributed by atoms with Crippen molar-refractivity contribution in [1.82, 2.24) is 0 Å². The van der Waals surface area contributed by atoms with Gasteiger partial charge in [0, 0.05) is 17.1 Å². The third-order valence-corrected chi connectivity index (χ3v) is 1.92. The van der Waals surface area contributed by atoms with E-state index >= 15 is 0 Å². The Morgan fingerprint density at radius 1 is 1.45 bits per heavy atom. The van der Waals surface area contributed by atoms with E-state index in [4.69, 9.17) is 10.2 Å². The molecule has 0 amide bonds. The maximum atomic E-state index is 10.1. The van der Waals surface area contributed by atoms with Crippen molar-refractivity contribution in [3.05, 3.63) is 0 Å². The Kier molecular flexibility index (Phi) is 7.94. The standard InChI is InChI=1S/C5H8O4S.Se/c1-3(5(8)9)10-2-4(6)7;/h3H,2H2,1H3,(H,6,7)(H,8,9);. The van der Waals surface area contributed by atoms with Gasteiger partial charge in [-0.3, -0.25) is 9.59 Å². The summed E-state index contributed by atoms with van der Waals surface area (Å²) in [6.07, 6.45) is 0. The zero-order valence-corrected chi connectivity index (χ0v) is 8.34.